The highest BCUT2D eigenvalue weighted by molar-refractivity contribution is 9.10. The van der Waals surface area contributed by atoms with Crippen LogP contribution in [-0.2, 0) is 4.79 Å². The van der Waals surface area contributed by atoms with E-state index < -0.39 is 11.8 Å². The normalized spacial score (nSPS) is 15.2. The molecule has 1 aliphatic rings. The highest BCUT2D eigenvalue weighted by Crippen LogP contribution is 2.32. The van der Waals surface area contributed by atoms with Crippen molar-refractivity contribution in [3.63, 3.8) is 0 Å². The molecule has 0 saturated carbocycles. The number of carbonyl (C=O) groups is 1. The molecule has 1 saturated heterocycles. The van der Waals surface area contributed by atoms with Gasteiger partial charge in [0.15, 0.2) is 11.6 Å². The van der Waals surface area contributed by atoms with Crippen LogP contribution in [0, 0.1) is 11.7 Å². The predicted molar refractivity (Wildman–Crippen MR) is 96.4 cm³/mol. The minimum atomic E-state index is -0.775. The van der Waals surface area contributed by atoms with E-state index in [1.54, 1.807) is 12.1 Å². The van der Waals surface area contributed by atoms with Crippen molar-refractivity contribution in [1.82, 2.24) is 9.97 Å². The van der Waals surface area contributed by atoms with Crippen LogP contribution in [-0.4, -0.2) is 34.1 Å². The van der Waals surface area contributed by atoms with Gasteiger partial charge in [-0.15, -0.1) is 0 Å². The maximum Gasteiger partial charge on any atom is 0.306 e. The van der Waals surface area contributed by atoms with Crippen molar-refractivity contribution < 1.29 is 14.3 Å². The molecule has 0 spiro atoms. The lowest BCUT2D eigenvalue weighted by molar-refractivity contribution is -0.142. The Balaban J connectivity index is 1.80. The number of carboxylic acids is 1. The number of aliphatic carboxylic acids is 1. The first-order valence-electron chi connectivity index (χ1n) is 7.76. The molecular weight excluding hydrogens is 393 g/mol. The summed E-state index contributed by atoms with van der Waals surface area (Å²) in [6, 6.07) is 4.64. The van der Waals surface area contributed by atoms with Crippen LogP contribution >= 0.6 is 15.9 Å². The maximum absolute atomic E-state index is 14.0. The standard InChI is InChI=1S/C16H17BrFN5O2/c17-10-1-2-12(11(18)7-10)22-14-13(19)15(21-8-20-14)23-5-3-9(4-6-23)16(24)25/h1-2,7-9H,3-6,19H2,(H,24,25)(H,20,21,22). The number of nitrogen functional groups attached to an aromatic ring is 1. The Bertz CT molecular complexity index is 796. The fourth-order valence-corrected chi connectivity index (χ4v) is 3.13. The van der Waals surface area contributed by atoms with E-state index in [4.69, 9.17) is 10.8 Å². The topological polar surface area (TPSA) is 104 Å². The zero-order chi connectivity index (χ0) is 18.0. The average Bonchev–Trinajstić information content (AvgIpc) is 2.59. The van der Waals surface area contributed by atoms with Crippen LogP contribution < -0.4 is 16.0 Å². The lowest BCUT2D eigenvalue weighted by atomic mass is 9.97. The second kappa shape index (κ2) is 7.22. The number of nitrogens with two attached hydrogens (primary N) is 1. The maximum atomic E-state index is 14.0. The first-order valence-corrected chi connectivity index (χ1v) is 8.55. The summed E-state index contributed by atoms with van der Waals surface area (Å²) in [6.45, 7) is 1.09. The Kier molecular flexibility index (Phi) is 5.03. The lowest BCUT2D eigenvalue weighted by Gasteiger charge is -2.31. The van der Waals surface area contributed by atoms with Crippen LogP contribution in [0.25, 0.3) is 0 Å². The van der Waals surface area contributed by atoms with Gasteiger partial charge in [-0.2, -0.15) is 0 Å². The molecule has 1 fully saturated rings. The summed E-state index contributed by atoms with van der Waals surface area (Å²) in [5.41, 5.74) is 6.72. The Morgan fingerprint density at radius 1 is 1.36 bits per heavy atom. The van der Waals surface area contributed by atoms with Crippen molar-refractivity contribution in [2.75, 3.05) is 29.0 Å². The van der Waals surface area contributed by atoms with Gasteiger partial charge in [0.05, 0.1) is 11.6 Å². The molecular formula is C16H17BrFN5O2. The Morgan fingerprint density at radius 2 is 2.08 bits per heavy atom. The molecule has 132 valence electrons. The molecule has 25 heavy (non-hydrogen) atoms. The molecule has 0 radical (unpaired) electrons. The van der Waals surface area contributed by atoms with E-state index in [2.05, 4.69) is 31.2 Å². The molecule has 0 amide bonds. The number of nitrogens with one attached hydrogen (secondary N) is 1. The monoisotopic (exact) mass is 409 g/mol. The summed E-state index contributed by atoms with van der Waals surface area (Å²) >= 11 is 3.21. The number of hydrogen-bond acceptors (Lipinski definition) is 6. The Morgan fingerprint density at radius 3 is 2.72 bits per heavy atom. The summed E-state index contributed by atoms with van der Waals surface area (Å²) in [4.78, 5) is 21.3. The number of piperidine rings is 1. The van der Waals surface area contributed by atoms with E-state index >= 15 is 0 Å². The number of benzene rings is 1. The number of halogens is 2. The second-order valence-corrected chi connectivity index (χ2v) is 6.72. The molecule has 0 unspecified atom stereocenters. The van der Waals surface area contributed by atoms with Crippen molar-refractivity contribution >= 4 is 44.9 Å². The highest BCUT2D eigenvalue weighted by atomic mass is 79.9. The van der Waals surface area contributed by atoms with E-state index in [0.717, 1.165) is 0 Å². The number of hydrogen-bond donors (Lipinski definition) is 3. The minimum Gasteiger partial charge on any atom is -0.481 e. The molecule has 1 aromatic heterocycles. The summed E-state index contributed by atoms with van der Waals surface area (Å²) < 4.78 is 14.6. The third kappa shape index (κ3) is 3.81. The van der Waals surface area contributed by atoms with Gasteiger partial charge in [-0.05, 0) is 31.0 Å². The highest BCUT2D eigenvalue weighted by Gasteiger charge is 2.26. The minimum absolute atomic E-state index is 0.254. The van der Waals surface area contributed by atoms with Gasteiger partial charge in [-0.1, -0.05) is 15.9 Å². The van der Waals surface area contributed by atoms with Gasteiger partial charge in [0, 0.05) is 17.6 Å². The van der Waals surface area contributed by atoms with Crippen molar-refractivity contribution in [3.8, 4) is 0 Å². The Hall–Kier alpha value is -2.42. The zero-order valence-electron chi connectivity index (χ0n) is 13.2. The number of nitrogens with zero attached hydrogens (tertiary/aromatic N) is 3. The fraction of sp³-hybridized carbons (Fsp3) is 0.312. The van der Waals surface area contributed by atoms with Crippen LogP contribution in [0.1, 0.15) is 12.8 Å². The van der Waals surface area contributed by atoms with Crippen molar-refractivity contribution in [2.45, 2.75) is 12.8 Å². The summed E-state index contributed by atoms with van der Waals surface area (Å²) in [5, 5.41) is 12.0. The third-order valence-corrected chi connectivity index (χ3v) is 4.68. The van der Waals surface area contributed by atoms with Crippen LogP contribution in [0.3, 0.4) is 0 Å². The number of carboxylic acid groups (broad SMARTS) is 1. The molecule has 4 N–H and O–H groups in total. The smallest absolute Gasteiger partial charge is 0.306 e. The van der Waals surface area contributed by atoms with Gasteiger partial charge in [0.2, 0.25) is 0 Å². The van der Waals surface area contributed by atoms with Gasteiger partial charge in [-0.25, -0.2) is 14.4 Å². The molecule has 1 aliphatic heterocycles. The van der Waals surface area contributed by atoms with E-state index in [0.29, 0.717) is 47.7 Å². The summed E-state index contributed by atoms with van der Waals surface area (Å²) in [7, 11) is 0. The molecule has 2 heterocycles. The molecule has 1 aromatic carbocycles. The van der Waals surface area contributed by atoms with Gasteiger partial charge in [-0.3, -0.25) is 4.79 Å². The van der Waals surface area contributed by atoms with Gasteiger partial charge in [0.1, 0.15) is 17.8 Å². The van der Waals surface area contributed by atoms with E-state index in [9.17, 15) is 9.18 Å². The number of anilines is 4. The van der Waals surface area contributed by atoms with Crippen LogP contribution in [0.15, 0.2) is 29.0 Å². The van der Waals surface area contributed by atoms with Crippen LogP contribution in [0.4, 0.5) is 27.4 Å². The van der Waals surface area contributed by atoms with Gasteiger partial charge in [0.25, 0.3) is 0 Å². The first-order chi connectivity index (χ1) is 12.0. The third-order valence-electron chi connectivity index (χ3n) is 4.19. The predicted octanol–water partition coefficient (Wildman–Crippen LogP) is 3.01. The summed E-state index contributed by atoms with van der Waals surface area (Å²) in [5.74, 6) is -0.709. The largest absolute Gasteiger partial charge is 0.481 e. The van der Waals surface area contributed by atoms with E-state index in [1.807, 2.05) is 4.90 Å². The first kappa shape index (κ1) is 17.4. The van der Waals surface area contributed by atoms with Gasteiger partial charge >= 0.3 is 5.97 Å². The quantitative estimate of drug-likeness (QED) is 0.712. The zero-order valence-corrected chi connectivity index (χ0v) is 14.8. The Labute approximate surface area is 152 Å². The van der Waals surface area contributed by atoms with Crippen LogP contribution in [0.2, 0.25) is 0 Å². The molecule has 2 aromatic rings. The second-order valence-electron chi connectivity index (χ2n) is 5.81. The van der Waals surface area contributed by atoms with Gasteiger partial charge < -0.3 is 21.1 Å². The average molecular weight is 410 g/mol. The van der Waals surface area contributed by atoms with Crippen molar-refractivity contribution in [2.24, 2.45) is 5.92 Å². The molecule has 3 rings (SSSR count). The molecule has 7 nitrogen and oxygen atoms in total. The van der Waals surface area contributed by atoms with Crippen LogP contribution in [0.5, 0.6) is 0 Å². The molecule has 0 bridgehead atoms. The number of rotatable bonds is 4. The van der Waals surface area contributed by atoms with Crippen molar-refractivity contribution in [1.29, 1.82) is 0 Å². The molecule has 0 aliphatic carbocycles. The number of aromatic nitrogens is 2. The lowest BCUT2D eigenvalue weighted by Crippen LogP contribution is -2.37. The molecule has 9 heteroatoms. The molecule has 0 atom stereocenters. The fourth-order valence-electron chi connectivity index (χ4n) is 2.79. The van der Waals surface area contributed by atoms with E-state index in [-0.39, 0.29) is 11.6 Å². The van der Waals surface area contributed by atoms with Crippen molar-refractivity contribution in [3.05, 3.63) is 34.8 Å². The van der Waals surface area contributed by atoms with E-state index in [1.165, 1.54) is 12.4 Å². The SMILES string of the molecule is Nc1c(Nc2ccc(Br)cc2F)ncnc1N1CCC(C(=O)O)CC1. The summed E-state index contributed by atoms with van der Waals surface area (Å²) in [6.07, 6.45) is 2.42.